The number of nitriles is 1. The van der Waals surface area contributed by atoms with E-state index >= 15 is 0 Å². The molecule has 5 heteroatoms. The van der Waals surface area contributed by atoms with Gasteiger partial charge >= 0.3 is 0 Å². The van der Waals surface area contributed by atoms with Gasteiger partial charge in [-0.05, 0) is 41.5 Å². The van der Waals surface area contributed by atoms with E-state index in [0.717, 1.165) is 11.1 Å². The number of ether oxygens (including phenoxy) is 1. The Bertz CT molecular complexity index is 716. The van der Waals surface area contributed by atoms with E-state index in [1.807, 2.05) is 30.3 Å². The molecule has 4 nitrogen and oxygen atoms in total. The third kappa shape index (κ3) is 5.85. The fraction of sp³-hybridized carbons (Fsp3) is 0.111. The quantitative estimate of drug-likeness (QED) is 0.825. The lowest BCUT2D eigenvalue weighted by atomic mass is 10.2. The zero-order valence-corrected chi connectivity index (χ0v) is 13.1. The summed E-state index contributed by atoms with van der Waals surface area (Å²) in [5, 5.41) is 11.9. The summed E-state index contributed by atoms with van der Waals surface area (Å²) < 4.78 is 5.16. The fourth-order valence-electron chi connectivity index (χ4n) is 1.81. The second kappa shape index (κ2) is 8.62. The molecule has 0 aliphatic rings. The van der Waals surface area contributed by atoms with Crippen LogP contribution in [0.15, 0.2) is 54.6 Å². The summed E-state index contributed by atoms with van der Waals surface area (Å²) in [6, 6.07) is 16.3. The van der Waals surface area contributed by atoms with Gasteiger partial charge in [0.1, 0.15) is 11.8 Å². The molecular formula is C18H15ClN2O2. The molecule has 2 aromatic carbocycles. The first kappa shape index (κ1) is 16.6. The fourth-order valence-corrected chi connectivity index (χ4v) is 1.94. The van der Waals surface area contributed by atoms with Crippen LogP contribution >= 0.6 is 11.6 Å². The van der Waals surface area contributed by atoms with Crippen LogP contribution in [0.2, 0.25) is 5.02 Å². The maximum atomic E-state index is 11.8. The number of carbonyl (C=O) groups is 1. The monoisotopic (exact) mass is 326 g/mol. The highest BCUT2D eigenvalue weighted by Gasteiger charge is 1.98. The lowest BCUT2D eigenvalue weighted by Crippen LogP contribution is -2.20. The van der Waals surface area contributed by atoms with Crippen molar-refractivity contribution in [3.05, 3.63) is 70.8 Å². The molecule has 0 heterocycles. The molecule has 0 aliphatic heterocycles. The van der Waals surface area contributed by atoms with Crippen molar-refractivity contribution < 1.29 is 9.53 Å². The van der Waals surface area contributed by atoms with Crippen molar-refractivity contribution in [1.82, 2.24) is 5.32 Å². The van der Waals surface area contributed by atoms with Crippen molar-refractivity contribution in [3.63, 3.8) is 0 Å². The van der Waals surface area contributed by atoms with E-state index in [1.165, 1.54) is 6.08 Å². The van der Waals surface area contributed by atoms with E-state index in [0.29, 0.717) is 17.3 Å². The van der Waals surface area contributed by atoms with Crippen LogP contribution in [0.4, 0.5) is 0 Å². The standard InChI is InChI=1S/C18H15ClN2O2/c19-16-6-1-15(2-7-16)13-21-18(22)10-5-14-3-8-17(9-4-14)23-12-11-20/h1-10H,12-13H2,(H,21,22)/b10-5+. The van der Waals surface area contributed by atoms with Crippen molar-refractivity contribution in [2.75, 3.05) is 6.61 Å². The summed E-state index contributed by atoms with van der Waals surface area (Å²) in [6.45, 7) is 0.462. The first-order valence-electron chi connectivity index (χ1n) is 6.97. The van der Waals surface area contributed by atoms with Gasteiger partial charge in [0.25, 0.3) is 0 Å². The van der Waals surface area contributed by atoms with Crippen LogP contribution in [0.1, 0.15) is 11.1 Å². The van der Waals surface area contributed by atoms with Gasteiger partial charge in [-0.1, -0.05) is 35.9 Å². The zero-order chi connectivity index (χ0) is 16.5. The number of hydrogen-bond donors (Lipinski definition) is 1. The molecule has 0 fully saturated rings. The highest BCUT2D eigenvalue weighted by atomic mass is 35.5. The summed E-state index contributed by atoms with van der Waals surface area (Å²) in [5.74, 6) is 0.445. The molecule has 1 amide bonds. The molecule has 116 valence electrons. The van der Waals surface area contributed by atoms with Crippen molar-refractivity contribution in [2.45, 2.75) is 6.54 Å². The maximum absolute atomic E-state index is 11.8. The van der Waals surface area contributed by atoms with Crippen LogP contribution in [-0.4, -0.2) is 12.5 Å². The number of nitrogens with one attached hydrogen (secondary N) is 1. The molecule has 0 atom stereocenters. The lowest BCUT2D eigenvalue weighted by molar-refractivity contribution is -0.116. The van der Waals surface area contributed by atoms with Gasteiger partial charge in [-0.3, -0.25) is 4.79 Å². The number of rotatable bonds is 6. The minimum Gasteiger partial charge on any atom is -0.479 e. The van der Waals surface area contributed by atoms with E-state index < -0.39 is 0 Å². The van der Waals surface area contributed by atoms with E-state index in [4.69, 9.17) is 21.6 Å². The van der Waals surface area contributed by atoms with Gasteiger partial charge in [0.05, 0.1) is 0 Å². The molecule has 2 rings (SSSR count). The summed E-state index contributed by atoms with van der Waals surface area (Å²) in [4.78, 5) is 11.8. The minimum absolute atomic E-state index is 0.0162. The number of halogens is 1. The van der Waals surface area contributed by atoms with Crippen molar-refractivity contribution in [1.29, 1.82) is 5.26 Å². The smallest absolute Gasteiger partial charge is 0.244 e. The third-order valence-corrected chi connectivity index (χ3v) is 3.24. The Balaban J connectivity index is 1.83. The van der Waals surface area contributed by atoms with Crippen LogP contribution < -0.4 is 10.1 Å². The van der Waals surface area contributed by atoms with Gasteiger partial charge in [-0.25, -0.2) is 0 Å². The Morgan fingerprint density at radius 3 is 2.52 bits per heavy atom. The average Bonchev–Trinajstić information content (AvgIpc) is 2.58. The Labute approximate surface area is 140 Å². The molecule has 0 spiro atoms. The Hall–Kier alpha value is -2.77. The van der Waals surface area contributed by atoms with Crippen LogP contribution in [0.5, 0.6) is 5.75 Å². The molecule has 2 aromatic rings. The highest BCUT2D eigenvalue weighted by molar-refractivity contribution is 6.30. The predicted octanol–water partition coefficient (Wildman–Crippen LogP) is 3.57. The van der Waals surface area contributed by atoms with Gasteiger partial charge in [0.15, 0.2) is 6.61 Å². The molecular weight excluding hydrogens is 312 g/mol. The topological polar surface area (TPSA) is 62.1 Å². The molecule has 0 aliphatic carbocycles. The van der Waals surface area contributed by atoms with E-state index in [1.54, 1.807) is 30.3 Å². The molecule has 1 N–H and O–H groups in total. The molecule has 0 saturated carbocycles. The van der Waals surface area contributed by atoms with E-state index in [-0.39, 0.29) is 12.5 Å². The van der Waals surface area contributed by atoms with Crippen molar-refractivity contribution >= 4 is 23.6 Å². The van der Waals surface area contributed by atoms with E-state index in [9.17, 15) is 4.79 Å². The SMILES string of the molecule is N#CCOc1ccc(/C=C/C(=O)NCc2ccc(Cl)cc2)cc1. The van der Waals surface area contributed by atoms with Crippen LogP contribution in [0.25, 0.3) is 6.08 Å². The van der Waals surface area contributed by atoms with Crippen LogP contribution in [0, 0.1) is 11.3 Å². The van der Waals surface area contributed by atoms with Crippen LogP contribution in [-0.2, 0) is 11.3 Å². The summed E-state index contributed by atoms with van der Waals surface area (Å²) in [5.41, 5.74) is 1.85. The molecule has 0 bridgehead atoms. The molecule has 0 aromatic heterocycles. The zero-order valence-electron chi connectivity index (χ0n) is 12.3. The molecule has 0 radical (unpaired) electrons. The summed E-state index contributed by atoms with van der Waals surface area (Å²) in [7, 11) is 0. The minimum atomic E-state index is -0.176. The molecule has 0 saturated heterocycles. The average molecular weight is 327 g/mol. The normalized spacial score (nSPS) is 10.3. The third-order valence-electron chi connectivity index (χ3n) is 2.99. The van der Waals surface area contributed by atoms with Crippen molar-refractivity contribution in [2.24, 2.45) is 0 Å². The second-order valence-electron chi connectivity index (χ2n) is 4.69. The Kier molecular flexibility index (Phi) is 6.22. The highest BCUT2D eigenvalue weighted by Crippen LogP contribution is 2.13. The van der Waals surface area contributed by atoms with Gasteiger partial charge < -0.3 is 10.1 Å². The molecule has 23 heavy (non-hydrogen) atoms. The summed E-state index contributed by atoms with van der Waals surface area (Å²) >= 11 is 5.81. The Morgan fingerprint density at radius 2 is 1.87 bits per heavy atom. The maximum Gasteiger partial charge on any atom is 0.244 e. The molecule has 0 unspecified atom stereocenters. The number of amides is 1. The van der Waals surface area contributed by atoms with Gasteiger partial charge in [-0.2, -0.15) is 5.26 Å². The van der Waals surface area contributed by atoms with Crippen LogP contribution in [0.3, 0.4) is 0 Å². The number of carbonyl (C=O) groups excluding carboxylic acids is 1. The predicted molar refractivity (Wildman–Crippen MR) is 89.9 cm³/mol. The lowest BCUT2D eigenvalue weighted by Gasteiger charge is -2.03. The number of hydrogen-bond acceptors (Lipinski definition) is 3. The number of benzene rings is 2. The van der Waals surface area contributed by atoms with Gasteiger partial charge in [-0.15, -0.1) is 0 Å². The van der Waals surface area contributed by atoms with Gasteiger partial charge in [0.2, 0.25) is 5.91 Å². The van der Waals surface area contributed by atoms with Gasteiger partial charge in [0, 0.05) is 17.6 Å². The van der Waals surface area contributed by atoms with Crippen molar-refractivity contribution in [3.8, 4) is 11.8 Å². The largest absolute Gasteiger partial charge is 0.479 e. The first-order chi connectivity index (χ1) is 11.2. The van der Waals surface area contributed by atoms with E-state index in [2.05, 4.69) is 5.32 Å². The summed E-state index contributed by atoms with van der Waals surface area (Å²) in [6.07, 6.45) is 3.19. The Morgan fingerprint density at radius 1 is 1.17 bits per heavy atom. The number of nitrogens with zero attached hydrogens (tertiary/aromatic N) is 1. The first-order valence-corrected chi connectivity index (χ1v) is 7.35. The second-order valence-corrected chi connectivity index (χ2v) is 5.13.